The summed E-state index contributed by atoms with van der Waals surface area (Å²) in [6, 6.07) is 3.76. The third-order valence-electron chi connectivity index (χ3n) is 3.62. The number of rotatable bonds is 7. The summed E-state index contributed by atoms with van der Waals surface area (Å²) in [7, 11) is 0. The third kappa shape index (κ3) is 5.01. The molecular weight excluding hydrogens is 413 g/mol. The zero-order valence-electron chi connectivity index (χ0n) is 14.9. The Hall–Kier alpha value is -1.54. The Morgan fingerprint density at radius 2 is 1.96 bits per heavy atom. The van der Waals surface area contributed by atoms with E-state index in [4.69, 9.17) is 15.2 Å². The lowest BCUT2D eigenvalue weighted by atomic mass is 10.1. The molecule has 1 atom stereocenters. The number of hydrogen-bond donors (Lipinski definition) is 1. The van der Waals surface area contributed by atoms with Gasteiger partial charge in [-0.15, -0.1) is 0 Å². The molecule has 2 N–H and O–H groups in total. The van der Waals surface area contributed by atoms with Crippen LogP contribution in [0.1, 0.15) is 39.2 Å². The van der Waals surface area contributed by atoms with Crippen molar-refractivity contribution in [2.75, 3.05) is 6.61 Å². The molecule has 0 bridgehead atoms. The van der Waals surface area contributed by atoms with Crippen molar-refractivity contribution in [3.63, 3.8) is 0 Å². The Bertz CT molecular complexity index is 766. The Morgan fingerprint density at radius 3 is 2.54 bits per heavy atom. The van der Waals surface area contributed by atoms with Gasteiger partial charge in [0.25, 0.3) is 0 Å². The first-order valence-electron chi connectivity index (χ1n) is 8.39. The van der Waals surface area contributed by atoms with Gasteiger partial charge >= 0.3 is 6.18 Å². The van der Waals surface area contributed by atoms with Crippen molar-refractivity contribution in [3.05, 3.63) is 28.2 Å². The molecule has 1 heterocycles. The standard InChI is InChI=1S/C18H22BrF3N2O2/c1-4-5-11(23)9-25-17-13(19)6-7-14-16(17)12(18(20,21)22)8-15(24-14)26-10(2)3/h6-8,10-11H,4-5,9,23H2,1-3H3/t11-/m1/s1. The SMILES string of the molecule is CCC[C@@H](N)COc1c(Br)ccc2nc(OC(C)C)cc(C(F)(F)F)c12. The van der Waals surface area contributed by atoms with Crippen LogP contribution >= 0.6 is 15.9 Å². The normalized spacial score (nSPS) is 13.3. The summed E-state index contributed by atoms with van der Waals surface area (Å²) in [5, 5.41) is -0.105. The summed E-state index contributed by atoms with van der Waals surface area (Å²) in [6.07, 6.45) is -3.29. The monoisotopic (exact) mass is 434 g/mol. The molecule has 0 aliphatic heterocycles. The quantitative estimate of drug-likeness (QED) is 0.641. The average Bonchev–Trinajstić information content (AvgIpc) is 2.52. The van der Waals surface area contributed by atoms with E-state index in [1.165, 1.54) is 6.07 Å². The maximum atomic E-state index is 13.7. The predicted molar refractivity (Wildman–Crippen MR) is 98.6 cm³/mol. The molecule has 2 aromatic rings. The van der Waals surface area contributed by atoms with E-state index in [1.54, 1.807) is 19.9 Å². The van der Waals surface area contributed by atoms with Gasteiger partial charge in [-0.25, -0.2) is 4.98 Å². The summed E-state index contributed by atoms with van der Waals surface area (Å²) in [5.41, 5.74) is 5.23. The Labute approximate surface area is 159 Å². The highest BCUT2D eigenvalue weighted by Crippen LogP contribution is 2.43. The van der Waals surface area contributed by atoms with Gasteiger partial charge < -0.3 is 15.2 Å². The highest BCUT2D eigenvalue weighted by Gasteiger charge is 2.35. The first-order valence-corrected chi connectivity index (χ1v) is 9.18. The summed E-state index contributed by atoms with van der Waals surface area (Å²) in [6.45, 7) is 5.55. The number of nitrogens with zero attached hydrogens (tertiary/aromatic N) is 1. The molecule has 0 spiro atoms. The summed E-state index contributed by atoms with van der Waals surface area (Å²) in [5.74, 6) is 0.0146. The van der Waals surface area contributed by atoms with Crippen LogP contribution in [0.5, 0.6) is 11.6 Å². The average molecular weight is 435 g/mol. The van der Waals surface area contributed by atoms with Crippen LogP contribution in [0.3, 0.4) is 0 Å². The minimum atomic E-state index is -4.58. The van der Waals surface area contributed by atoms with Crippen LogP contribution in [0.25, 0.3) is 10.9 Å². The summed E-state index contributed by atoms with van der Waals surface area (Å²) < 4.78 is 52.5. The second-order valence-electron chi connectivity index (χ2n) is 6.30. The number of nitrogens with two attached hydrogens (primary N) is 1. The number of halogens is 4. The van der Waals surface area contributed by atoms with Gasteiger partial charge in [0.05, 0.1) is 27.0 Å². The molecule has 8 heteroatoms. The minimum absolute atomic E-state index is 0.0734. The van der Waals surface area contributed by atoms with E-state index in [-0.39, 0.29) is 41.3 Å². The van der Waals surface area contributed by atoms with E-state index in [2.05, 4.69) is 20.9 Å². The number of hydrogen-bond acceptors (Lipinski definition) is 4. The minimum Gasteiger partial charge on any atom is -0.490 e. The molecule has 0 aliphatic rings. The van der Waals surface area contributed by atoms with Gasteiger partial charge in [-0.3, -0.25) is 0 Å². The molecule has 26 heavy (non-hydrogen) atoms. The van der Waals surface area contributed by atoms with Crippen LogP contribution in [-0.4, -0.2) is 23.7 Å². The molecule has 0 saturated heterocycles. The van der Waals surface area contributed by atoms with E-state index < -0.39 is 11.7 Å². The molecule has 0 fully saturated rings. The van der Waals surface area contributed by atoms with Crippen molar-refractivity contribution in [1.29, 1.82) is 0 Å². The fourth-order valence-corrected chi connectivity index (χ4v) is 3.00. The molecule has 0 saturated carbocycles. The van der Waals surface area contributed by atoms with Crippen molar-refractivity contribution in [2.24, 2.45) is 5.73 Å². The molecule has 0 aliphatic carbocycles. The zero-order valence-corrected chi connectivity index (χ0v) is 16.4. The maximum Gasteiger partial charge on any atom is 0.417 e. The first kappa shape index (κ1) is 20.8. The lowest BCUT2D eigenvalue weighted by Crippen LogP contribution is -2.27. The van der Waals surface area contributed by atoms with Gasteiger partial charge in [-0.2, -0.15) is 13.2 Å². The molecule has 1 aromatic heterocycles. The van der Waals surface area contributed by atoms with Gasteiger partial charge in [0, 0.05) is 12.1 Å². The number of ether oxygens (including phenoxy) is 2. The molecule has 2 rings (SSSR count). The Morgan fingerprint density at radius 1 is 1.27 bits per heavy atom. The van der Waals surface area contributed by atoms with Crippen LogP contribution in [0.2, 0.25) is 0 Å². The van der Waals surface area contributed by atoms with Gasteiger partial charge in [-0.1, -0.05) is 13.3 Å². The smallest absolute Gasteiger partial charge is 0.417 e. The Kier molecular flexibility index (Phi) is 6.74. The molecular formula is C18H22BrF3N2O2. The second-order valence-corrected chi connectivity index (χ2v) is 7.16. The topological polar surface area (TPSA) is 57.4 Å². The highest BCUT2D eigenvalue weighted by atomic mass is 79.9. The highest BCUT2D eigenvalue weighted by molar-refractivity contribution is 9.10. The molecule has 4 nitrogen and oxygen atoms in total. The molecule has 0 amide bonds. The Balaban J connectivity index is 2.59. The van der Waals surface area contributed by atoms with Gasteiger partial charge in [0.1, 0.15) is 12.4 Å². The van der Waals surface area contributed by atoms with E-state index >= 15 is 0 Å². The maximum absolute atomic E-state index is 13.7. The molecule has 144 valence electrons. The van der Waals surface area contributed by atoms with Gasteiger partial charge in [0.15, 0.2) is 0 Å². The van der Waals surface area contributed by atoms with Crippen molar-refractivity contribution < 1.29 is 22.6 Å². The van der Waals surface area contributed by atoms with Crippen LogP contribution in [-0.2, 0) is 6.18 Å². The summed E-state index contributed by atoms with van der Waals surface area (Å²) in [4.78, 5) is 4.20. The van der Waals surface area contributed by atoms with Gasteiger partial charge in [-0.05, 0) is 48.3 Å². The van der Waals surface area contributed by atoms with Crippen LogP contribution < -0.4 is 15.2 Å². The third-order valence-corrected chi connectivity index (χ3v) is 4.24. The second kappa shape index (κ2) is 8.43. The zero-order chi connectivity index (χ0) is 19.5. The van der Waals surface area contributed by atoms with Crippen LogP contribution in [0.15, 0.2) is 22.7 Å². The molecule has 0 unspecified atom stereocenters. The number of benzene rings is 1. The van der Waals surface area contributed by atoms with Crippen molar-refractivity contribution in [3.8, 4) is 11.6 Å². The molecule has 1 aromatic carbocycles. The van der Waals surface area contributed by atoms with Crippen LogP contribution in [0, 0.1) is 0 Å². The van der Waals surface area contributed by atoms with E-state index in [0.29, 0.717) is 4.47 Å². The van der Waals surface area contributed by atoms with Crippen molar-refractivity contribution >= 4 is 26.8 Å². The van der Waals surface area contributed by atoms with E-state index in [9.17, 15) is 13.2 Å². The van der Waals surface area contributed by atoms with Crippen LogP contribution in [0.4, 0.5) is 13.2 Å². The van der Waals surface area contributed by atoms with Crippen molar-refractivity contribution in [2.45, 2.75) is 51.9 Å². The first-order chi connectivity index (χ1) is 12.1. The molecule has 0 radical (unpaired) electrons. The van der Waals surface area contributed by atoms with E-state index in [0.717, 1.165) is 18.9 Å². The van der Waals surface area contributed by atoms with Gasteiger partial charge in [0.2, 0.25) is 5.88 Å². The fourth-order valence-electron chi connectivity index (χ4n) is 2.56. The number of fused-ring (bicyclic) bond motifs is 1. The lowest BCUT2D eigenvalue weighted by Gasteiger charge is -2.19. The largest absolute Gasteiger partial charge is 0.490 e. The van der Waals surface area contributed by atoms with Crippen molar-refractivity contribution in [1.82, 2.24) is 4.98 Å². The predicted octanol–water partition coefficient (Wildman–Crippen LogP) is 5.31. The summed E-state index contributed by atoms with van der Waals surface area (Å²) >= 11 is 3.27. The fraction of sp³-hybridized carbons (Fsp3) is 0.500. The number of aromatic nitrogens is 1. The van der Waals surface area contributed by atoms with E-state index in [1.807, 2.05) is 6.92 Å². The number of alkyl halides is 3. The lowest BCUT2D eigenvalue weighted by molar-refractivity contribution is -0.136. The number of pyridine rings is 1.